The van der Waals surface area contributed by atoms with Crippen molar-refractivity contribution in [2.45, 2.75) is 33.2 Å². The van der Waals surface area contributed by atoms with Crippen LogP contribution in [0.25, 0.3) is 0 Å². The van der Waals surface area contributed by atoms with Gasteiger partial charge in [0.15, 0.2) is 0 Å². The van der Waals surface area contributed by atoms with Gasteiger partial charge in [0, 0.05) is 28.3 Å². The minimum Gasteiger partial charge on any atom is -0.396 e. The molecule has 5 heteroatoms. The van der Waals surface area contributed by atoms with Gasteiger partial charge >= 0.3 is 0 Å². The van der Waals surface area contributed by atoms with Crippen molar-refractivity contribution in [3.63, 3.8) is 0 Å². The lowest BCUT2D eigenvalue weighted by Crippen LogP contribution is -2.44. The van der Waals surface area contributed by atoms with Crippen molar-refractivity contribution in [1.82, 2.24) is 5.32 Å². The summed E-state index contributed by atoms with van der Waals surface area (Å²) in [5.41, 5.74) is 0.283. The second-order valence-corrected chi connectivity index (χ2v) is 6.44. The van der Waals surface area contributed by atoms with Crippen molar-refractivity contribution in [2.24, 2.45) is 5.41 Å². The molecule has 1 atom stereocenters. The Kier molecular flexibility index (Phi) is 5.65. The summed E-state index contributed by atoms with van der Waals surface area (Å²) in [4.78, 5) is 12.2. The van der Waals surface area contributed by atoms with Gasteiger partial charge in [-0.05, 0) is 30.0 Å². The van der Waals surface area contributed by atoms with E-state index >= 15 is 0 Å². The highest BCUT2D eigenvalue weighted by molar-refractivity contribution is 6.35. The first-order valence-corrected chi connectivity index (χ1v) is 6.87. The molecule has 1 unspecified atom stereocenters. The molecule has 0 aliphatic carbocycles. The Hall–Kier alpha value is -0.770. The number of halogens is 2. The summed E-state index contributed by atoms with van der Waals surface area (Å²) in [7, 11) is 0. The third-order valence-corrected chi connectivity index (χ3v) is 3.33. The average Bonchev–Trinajstić information content (AvgIpc) is 2.25. The molecule has 0 aliphatic rings. The Morgan fingerprint density at radius 3 is 2.21 bits per heavy atom. The molecule has 0 saturated carbocycles. The van der Waals surface area contributed by atoms with E-state index in [2.05, 4.69) is 5.32 Å². The molecule has 106 valence electrons. The van der Waals surface area contributed by atoms with Crippen LogP contribution in [0.5, 0.6) is 0 Å². The van der Waals surface area contributed by atoms with E-state index in [0.717, 1.165) is 0 Å². The van der Waals surface area contributed by atoms with Crippen molar-refractivity contribution in [3.8, 4) is 0 Å². The maximum absolute atomic E-state index is 12.2. The molecule has 0 aromatic heterocycles. The fourth-order valence-electron chi connectivity index (χ4n) is 1.78. The fourth-order valence-corrected chi connectivity index (χ4v) is 2.30. The average molecular weight is 304 g/mol. The van der Waals surface area contributed by atoms with Crippen LogP contribution < -0.4 is 5.32 Å². The SMILES string of the molecule is CC(C)(C)C(CCO)NC(=O)c1cc(Cl)cc(Cl)c1. The minimum absolute atomic E-state index is 0.0263. The highest BCUT2D eigenvalue weighted by Crippen LogP contribution is 2.23. The minimum atomic E-state index is -0.238. The molecule has 19 heavy (non-hydrogen) atoms. The van der Waals surface area contributed by atoms with Crippen LogP contribution in [-0.2, 0) is 0 Å². The lowest BCUT2D eigenvalue weighted by Gasteiger charge is -2.31. The zero-order chi connectivity index (χ0) is 14.6. The van der Waals surface area contributed by atoms with Crippen molar-refractivity contribution in [1.29, 1.82) is 0 Å². The Morgan fingerprint density at radius 1 is 1.26 bits per heavy atom. The molecular formula is C14H19Cl2NO2. The van der Waals surface area contributed by atoms with Crippen LogP contribution in [0.4, 0.5) is 0 Å². The number of carbonyl (C=O) groups excluding carboxylic acids is 1. The monoisotopic (exact) mass is 303 g/mol. The van der Waals surface area contributed by atoms with Crippen molar-refractivity contribution in [3.05, 3.63) is 33.8 Å². The van der Waals surface area contributed by atoms with Gasteiger partial charge < -0.3 is 10.4 Å². The predicted octanol–water partition coefficient (Wildman–Crippen LogP) is 3.52. The second kappa shape index (κ2) is 6.60. The van der Waals surface area contributed by atoms with Gasteiger partial charge in [-0.1, -0.05) is 44.0 Å². The van der Waals surface area contributed by atoms with E-state index in [1.165, 1.54) is 0 Å². The molecule has 0 saturated heterocycles. The van der Waals surface area contributed by atoms with Crippen LogP contribution in [0.15, 0.2) is 18.2 Å². The van der Waals surface area contributed by atoms with Crippen LogP contribution >= 0.6 is 23.2 Å². The smallest absolute Gasteiger partial charge is 0.251 e. The molecule has 0 radical (unpaired) electrons. The van der Waals surface area contributed by atoms with Crippen molar-refractivity contribution in [2.75, 3.05) is 6.61 Å². The van der Waals surface area contributed by atoms with Gasteiger partial charge in [0.2, 0.25) is 0 Å². The van der Waals surface area contributed by atoms with Gasteiger partial charge in [0.1, 0.15) is 0 Å². The zero-order valence-corrected chi connectivity index (χ0v) is 12.8. The lowest BCUT2D eigenvalue weighted by molar-refractivity contribution is 0.0885. The first kappa shape index (κ1) is 16.3. The summed E-state index contributed by atoms with van der Waals surface area (Å²) in [6.07, 6.45) is 0.504. The van der Waals surface area contributed by atoms with Gasteiger partial charge in [-0.2, -0.15) is 0 Å². The largest absolute Gasteiger partial charge is 0.396 e. The topological polar surface area (TPSA) is 49.3 Å². The Balaban J connectivity index is 2.87. The molecule has 1 aromatic rings. The number of aliphatic hydroxyl groups excluding tert-OH is 1. The molecule has 1 rings (SSSR count). The van der Waals surface area contributed by atoms with Gasteiger partial charge in [-0.25, -0.2) is 0 Å². The number of benzene rings is 1. The van der Waals surface area contributed by atoms with Crippen LogP contribution in [0.2, 0.25) is 10.0 Å². The normalized spacial score (nSPS) is 13.2. The highest BCUT2D eigenvalue weighted by atomic mass is 35.5. The van der Waals surface area contributed by atoms with E-state index in [0.29, 0.717) is 22.0 Å². The summed E-state index contributed by atoms with van der Waals surface area (Å²) in [5.74, 6) is -0.238. The molecule has 0 spiro atoms. The standard InChI is InChI=1S/C14H19Cl2NO2/c1-14(2,3)12(4-5-18)17-13(19)9-6-10(15)8-11(16)7-9/h6-8,12,18H,4-5H2,1-3H3,(H,17,19). The highest BCUT2D eigenvalue weighted by Gasteiger charge is 2.26. The molecule has 0 heterocycles. The molecule has 0 fully saturated rings. The zero-order valence-electron chi connectivity index (χ0n) is 11.3. The molecule has 2 N–H and O–H groups in total. The van der Waals surface area contributed by atoms with Gasteiger partial charge in [-0.15, -0.1) is 0 Å². The molecule has 0 bridgehead atoms. The van der Waals surface area contributed by atoms with Gasteiger partial charge in [0.25, 0.3) is 5.91 Å². The van der Waals surface area contributed by atoms with Crippen LogP contribution in [0, 0.1) is 5.41 Å². The van der Waals surface area contributed by atoms with Crippen LogP contribution in [0.3, 0.4) is 0 Å². The third-order valence-electron chi connectivity index (χ3n) is 2.89. The maximum Gasteiger partial charge on any atom is 0.251 e. The quantitative estimate of drug-likeness (QED) is 0.894. The van der Waals surface area contributed by atoms with Crippen LogP contribution in [0.1, 0.15) is 37.6 Å². The third kappa shape index (κ3) is 5.01. The Labute approximate surface area is 123 Å². The van der Waals surface area contributed by atoms with E-state index in [-0.39, 0.29) is 24.0 Å². The van der Waals surface area contributed by atoms with E-state index in [1.54, 1.807) is 18.2 Å². The lowest BCUT2D eigenvalue weighted by atomic mass is 9.85. The van der Waals surface area contributed by atoms with Crippen LogP contribution in [-0.4, -0.2) is 23.7 Å². The Morgan fingerprint density at radius 2 is 1.79 bits per heavy atom. The van der Waals surface area contributed by atoms with Crippen molar-refractivity contribution < 1.29 is 9.90 Å². The number of rotatable bonds is 4. The number of hydrogen-bond acceptors (Lipinski definition) is 2. The number of hydrogen-bond donors (Lipinski definition) is 2. The second-order valence-electron chi connectivity index (χ2n) is 5.56. The number of aliphatic hydroxyl groups is 1. The summed E-state index contributed by atoms with van der Waals surface area (Å²) >= 11 is 11.8. The first-order valence-electron chi connectivity index (χ1n) is 6.12. The van der Waals surface area contributed by atoms with Gasteiger partial charge in [-0.3, -0.25) is 4.79 Å². The summed E-state index contributed by atoms with van der Waals surface area (Å²) in [6.45, 7) is 6.06. The van der Waals surface area contributed by atoms with Gasteiger partial charge in [0.05, 0.1) is 0 Å². The molecule has 1 aromatic carbocycles. The number of nitrogens with one attached hydrogen (secondary N) is 1. The Bertz CT molecular complexity index is 435. The van der Waals surface area contributed by atoms with E-state index in [1.807, 2.05) is 20.8 Å². The summed E-state index contributed by atoms with van der Waals surface area (Å²) < 4.78 is 0. The first-order chi connectivity index (χ1) is 8.74. The maximum atomic E-state index is 12.2. The summed E-state index contributed by atoms with van der Waals surface area (Å²) in [6, 6.07) is 4.60. The van der Waals surface area contributed by atoms with Crippen molar-refractivity contribution >= 4 is 29.1 Å². The molecule has 3 nitrogen and oxygen atoms in total. The molecular weight excluding hydrogens is 285 g/mol. The fraction of sp³-hybridized carbons (Fsp3) is 0.500. The van der Waals surface area contributed by atoms with E-state index in [4.69, 9.17) is 28.3 Å². The molecule has 1 amide bonds. The van der Waals surface area contributed by atoms with E-state index < -0.39 is 0 Å². The summed E-state index contributed by atoms with van der Waals surface area (Å²) in [5, 5.41) is 12.8. The predicted molar refractivity (Wildman–Crippen MR) is 78.9 cm³/mol. The number of amides is 1. The molecule has 0 aliphatic heterocycles. The number of carbonyl (C=O) groups is 1. The van der Waals surface area contributed by atoms with E-state index in [9.17, 15) is 4.79 Å².